The lowest BCUT2D eigenvalue weighted by Crippen LogP contribution is -1.98. The maximum Gasteiger partial charge on any atom is 0.303 e. The molecule has 0 radical (unpaired) electrons. The van der Waals surface area contributed by atoms with Gasteiger partial charge in [0, 0.05) is 6.42 Å². The van der Waals surface area contributed by atoms with Gasteiger partial charge in [-0.05, 0) is 40.0 Å². The molecule has 0 aliphatic rings. The van der Waals surface area contributed by atoms with Crippen LogP contribution in [0.3, 0.4) is 0 Å². The molecule has 5 heteroatoms. The van der Waals surface area contributed by atoms with Crippen LogP contribution in [-0.2, 0) is 4.79 Å². The first-order valence-electron chi connectivity index (χ1n) is 4.31. The molecular formula is C10H9BrClFO2. The van der Waals surface area contributed by atoms with E-state index in [9.17, 15) is 9.18 Å². The van der Waals surface area contributed by atoms with E-state index in [1.807, 2.05) is 0 Å². The maximum atomic E-state index is 13.1. The number of benzene rings is 1. The van der Waals surface area contributed by atoms with Gasteiger partial charge in [-0.25, -0.2) is 4.39 Å². The summed E-state index contributed by atoms with van der Waals surface area (Å²) in [6.45, 7) is 0. The number of carboxylic acids is 1. The first-order valence-corrected chi connectivity index (χ1v) is 5.54. The average molecular weight is 296 g/mol. The lowest BCUT2D eigenvalue weighted by Gasteiger charge is -2.08. The van der Waals surface area contributed by atoms with E-state index < -0.39 is 17.2 Å². The van der Waals surface area contributed by atoms with Gasteiger partial charge in [0.1, 0.15) is 5.82 Å². The smallest absolute Gasteiger partial charge is 0.303 e. The van der Waals surface area contributed by atoms with Crippen molar-refractivity contribution in [2.45, 2.75) is 18.2 Å². The molecule has 2 nitrogen and oxygen atoms in total. The number of carboxylic acid groups (broad SMARTS) is 1. The predicted molar refractivity (Wildman–Crippen MR) is 59.6 cm³/mol. The number of carbonyl (C=O) groups is 1. The van der Waals surface area contributed by atoms with Gasteiger partial charge in [-0.2, -0.15) is 0 Å². The third-order valence-electron chi connectivity index (χ3n) is 1.92. The molecule has 82 valence electrons. The molecule has 1 aromatic carbocycles. The summed E-state index contributed by atoms with van der Waals surface area (Å²) < 4.78 is 13.5. The summed E-state index contributed by atoms with van der Waals surface area (Å²) in [4.78, 5) is 10.3. The SMILES string of the molecule is O=C(O)CCC(Cl)c1ccc(Br)c(F)c1. The van der Waals surface area contributed by atoms with Crippen molar-refractivity contribution >= 4 is 33.5 Å². The van der Waals surface area contributed by atoms with Crippen LogP contribution in [0.5, 0.6) is 0 Å². The van der Waals surface area contributed by atoms with Crippen molar-refractivity contribution in [2.75, 3.05) is 0 Å². The van der Waals surface area contributed by atoms with Gasteiger partial charge in [-0.1, -0.05) is 6.07 Å². The highest BCUT2D eigenvalue weighted by molar-refractivity contribution is 9.10. The Morgan fingerprint density at radius 2 is 2.27 bits per heavy atom. The zero-order valence-corrected chi connectivity index (χ0v) is 10.1. The molecule has 0 amide bonds. The zero-order valence-electron chi connectivity index (χ0n) is 7.71. The van der Waals surface area contributed by atoms with E-state index in [-0.39, 0.29) is 12.8 Å². The van der Waals surface area contributed by atoms with Crippen LogP contribution in [0.2, 0.25) is 0 Å². The fourth-order valence-electron chi connectivity index (χ4n) is 1.12. The lowest BCUT2D eigenvalue weighted by molar-refractivity contribution is -0.137. The summed E-state index contributed by atoms with van der Waals surface area (Å²) in [5.74, 6) is -1.30. The van der Waals surface area contributed by atoms with Gasteiger partial charge in [-0.15, -0.1) is 11.6 Å². The molecule has 0 heterocycles. The van der Waals surface area contributed by atoms with Gasteiger partial charge in [0.05, 0.1) is 9.85 Å². The van der Waals surface area contributed by atoms with Crippen molar-refractivity contribution in [3.8, 4) is 0 Å². The Morgan fingerprint density at radius 1 is 1.60 bits per heavy atom. The third kappa shape index (κ3) is 3.80. The van der Waals surface area contributed by atoms with Crippen LogP contribution in [0.4, 0.5) is 4.39 Å². The molecule has 1 unspecified atom stereocenters. The molecule has 1 N–H and O–H groups in total. The van der Waals surface area contributed by atoms with E-state index in [0.29, 0.717) is 10.0 Å². The molecule has 1 aromatic rings. The first kappa shape index (κ1) is 12.5. The monoisotopic (exact) mass is 294 g/mol. The van der Waals surface area contributed by atoms with Crippen molar-refractivity contribution in [3.63, 3.8) is 0 Å². The van der Waals surface area contributed by atoms with Crippen LogP contribution in [-0.4, -0.2) is 11.1 Å². The largest absolute Gasteiger partial charge is 0.481 e. The first-order chi connectivity index (χ1) is 7.00. The molecule has 0 bridgehead atoms. The minimum atomic E-state index is -0.904. The Morgan fingerprint density at radius 3 is 2.80 bits per heavy atom. The Bertz CT molecular complexity index is 370. The van der Waals surface area contributed by atoms with E-state index >= 15 is 0 Å². The molecule has 1 atom stereocenters. The molecule has 15 heavy (non-hydrogen) atoms. The van der Waals surface area contributed by atoms with Gasteiger partial charge in [0.2, 0.25) is 0 Å². The molecule has 0 aliphatic heterocycles. The number of aliphatic carboxylic acids is 1. The zero-order chi connectivity index (χ0) is 11.4. The Hall–Kier alpha value is -0.610. The normalized spacial score (nSPS) is 12.5. The standard InChI is InChI=1S/C10H9BrClFO2/c11-7-2-1-6(5-9(7)13)8(12)3-4-10(14)15/h1-2,5,8H,3-4H2,(H,14,15). The quantitative estimate of drug-likeness (QED) is 0.859. The van der Waals surface area contributed by atoms with Gasteiger partial charge in [-0.3, -0.25) is 4.79 Å². The minimum Gasteiger partial charge on any atom is -0.481 e. The molecule has 0 aromatic heterocycles. The Kier molecular flexibility index (Phi) is 4.54. The van der Waals surface area contributed by atoms with E-state index in [2.05, 4.69) is 15.9 Å². The molecule has 0 saturated carbocycles. The minimum absolute atomic E-state index is 0.0220. The van der Waals surface area contributed by atoms with E-state index in [1.54, 1.807) is 12.1 Å². The van der Waals surface area contributed by atoms with Crippen LogP contribution >= 0.6 is 27.5 Å². The Labute approximate surface area is 100 Å². The van der Waals surface area contributed by atoms with Gasteiger partial charge in [0.15, 0.2) is 0 Å². The van der Waals surface area contributed by atoms with Crippen LogP contribution < -0.4 is 0 Å². The van der Waals surface area contributed by atoms with Crippen molar-refractivity contribution in [3.05, 3.63) is 34.1 Å². The van der Waals surface area contributed by atoms with Crippen LogP contribution in [0, 0.1) is 5.82 Å². The van der Waals surface area contributed by atoms with Gasteiger partial charge in [0.25, 0.3) is 0 Å². The molecule has 0 aliphatic carbocycles. The summed E-state index contributed by atoms with van der Waals surface area (Å²) >= 11 is 8.96. The number of rotatable bonds is 4. The molecular weight excluding hydrogens is 286 g/mol. The fourth-order valence-corrected chi connectivity index (χ4v) is 1.62. The van der Waals surface area contributed by atoms with E-state index in [0.717, 1.165) is 0 Å². The number of halogens is 3. The average Bonchev–Trinajstić information content (AvgIpc) is 2.18. The number of hydrogen-bond donors (Lipinski definition) is 1. The molecule has 0 fully saturated rings. The second kappa shape index (κ2) is 5.47. The van der Waals surface area contributed by atoms with Gasteiger partial charge >= 0.3 is 5.97 Å². The van der Waals surface area contributed by atoms with Crippen LogP contribution in [0.15, 0.2) is 22.7 Å². The summed E-state index contributed by atoms with van der Waals surface area (Å²) in [6, 6.07) is 4.54. The fraction of sp³-hybridized carbons (Fsp3) is 0.300. The highest BCUT2D eigenvalue weighted by Crippen LogP contribution is 2.28. The molecule has 0 spiro atoms. The van der Waals surface area contributed by atoms with E-state index in [1.165, 1.54) is 6.07 Å². The lowest BCUT2D eigenvalue weighted by atomic mass is 10.1. The number of alkyl halides is 1. The second-order valence-corrected chi connectivity index (χ2v) is 4.45. The summed E-state index contributed by atoms with van der Waals surface area (Å²) in [5.41, 5.74) is 0.596. The van der Waals surface area contributed by atoms with Crippen molar-refractivity contribution in [1.29, 1.82) is 0 Å². The Balaban J connectivity index is 2.69. The second-order valence-electron chi connectivity index (χ2n) is 3.07. The topological polar surface area (TPSA) is 37.3 Å². The van der Waals surface area contributed by atoms with Gasteiger partial charge < -0.3 is 5.11 Å². The maximum absolute atomic E-state index is 13.1. The molecule has 0 saturated heterocycles. The van der Waals surface area contributed by atoms with Crippen LogP contribution in [0.25, 0.3) is 0 Å². The third-order valence-corrected chi connectivity index (χ3v) is 3.03. The summed E-state index contributed by atoms with van der Waals surface area (Å²) in [5, 5.41) is 8.00. The van der Waals surface area contributed by atoms with Crippen molar-refractivity contribution in [1.82, 2.24) is 0 Å². The van der Waals surface area contributed by atoms with Crippen LogP contribution in [0.1, 0.15) is 23.8 Å². The highest BCUT2D eigenvalue weighted by atomic mass is 79.9. The highest BCUT2D eigenvalue weighted by Gasteiger charge is 2.11. The summed E-state index contributed by atoms with van der Waals surface area (Å²) in [7, 11) is 0. The van der Waals surface area contributed by atoms with Crippen molar-refractivity contribution in [2.24, 2.45) is 0 Å². The molecule has 1 rings (SSSR count). The predicted octanol–water partition coefficient (Wildman–Crippen LogP) is 3.73. The van der Waals surface area contributed by atoms with E-state index in [4.69, 9.17) is 16.7 Å². The summed E-state index contributed by atoms with van der Waals surface area (Å²) in [6.07, 6.45) is 0.268. The number of hydrogen-bond acceptors (Lipinski definition) is 1. The van der Waals surface area contributed by atoms with Crippen molar-refractivity contribution < 1.29 is 14.3 Å².